The summed E-state index contributed by atoms with van der Waals surface area (Å²) in [5, 5.41) is 12.2. The minimum absolute atomic E-state index is 0.0596. The fourth-order valence-corrected chi connectivity index (χ4v) is 11.0. The number of aromatic nitrogens is 6. The van der Waals surface area contributed by atoms with Gasteiger partial charge in [-0.3, -0.25) is 14.8 Å². The second kappa shape index (κ2) is 20.3. The van der Waals surface area contributed by atoms with E-state index in [4.69, 9.17) is 33.2 Å². The molecule has 0 saturated carbocycles. The van der Waals surface area contributed by atoms with E-state index in [9.17, 15) is 9.90 Å². The number of pyridine rings is 2. The van der Waals surface area contributed by atoms with Crippen molar-refractivity contribution < 1.29 is 9.90 Å². The van der Waals surface area contributed by atoms with Gasteiger partial charge in [0.15, 0.2) is 5.78 Å². The Hall–Kier alpha value is -5.23. The largest absolute Gasteiger partial charge is 0.387 e. The maximum atomic E-state index is 12.8. The van der Waals surface area contributed by atoms with E-state index < -0.39 is 6.10 Å². The smallest absolute Gasteiger partial charge is 0.183 e. The minimum Gasteiger partial charge on any atom is -0.387 e. The lowest BCUT2D eigenvalue weighted by molar-refractivity contribution is 0.0980. The molecule has 10 nitrogen and oxygen atoms in total. The summed E-state index contributed by atoms with van der Waals surface area (Å²) in [7, 11) is 8.20. The lowest BCUT2D eigenvalue weighted by Gasteiger charge is -2.35. The maximum Gasteiger partial charge on any atom is 0.183 e. The Morgan fingerprint density at radius 1 is 0.667 bits per heavy atom. The molecular weight excluding hydrogens is 864 g/mol. The zero-order valence-corrected chi connectivity index (χ0v) is 40.0. The highest BCUT2D eigenvalue weighted by atomic mass is 35.5. The summed E-state index contributed by atoms with van der Waals surface area (Å²) in [6, 6.07) is 20.9. The number of fused-ring (bicyclic) bond motifs is 4. The van der Waals surface area contributed by atoms with Gasteiger partial charge in [0.05, 0.1) is 35.8 Å². The van der Waals surface area contributed by atoms with E-state index in [0.717, 1.165) is 96.4 Å². The Labute approximate surface area is 399 Å². The van der Waals surface area contributed by atoms with Gasteiger partial charge in [-0.25, -0.2) is 9.97 Å². The van der Waals surface area contributed by atoms with Gasteiger partial charge in [-0.15, -0.1) is 0 Å². The number of hydrogen-bond donors (Lipinski definition) is 1. The predicted octanol–water partition coefficient (Wildman–Crippen LogP) is 10.8. The Balaban J connectivity index is 0.000000166. The Bertz CT molecular complexity index is 2740. The van der Waals surface area contributed by atoms with Gasteiger partial charge in [-0.2, -0.15) is 0 Å². The average Bonchev–Trinajstić information content (AvgIpc) is 3.91. The van der Waals surface area contributed by atoms with E-state index in [0.29, 0.717) is 42.5 Å². The van der Waals surface area contributed by atoms with Crippen LogP contribution in [0.3, 0.4) is 0 Å². The molecule has 10 rings (SSSR count). The quantitative estimate of drug-likeness (QED) is 0.136. The number of aryl methyl sites for hydroxylation is 2. The van der Waals surface area contributed by atoms with Gasteiger partial charge in [0.2, 0.25) is 0 Å². The standard InChI is InChI=1S/C27H31ClN4O.C27H29ClN4O/c2*1-31-12-9-18(10-13-31)26-22-7-6-21(28)15-20(22)14-19(23-4-3-11-29-27(23)26)5-8-25(33)24-16-32(2)17-30-24/h3-4,6-7,11,14-18,25-26,33H,5,8-10,12-13H2,1-2H3;3-4,6-7,11,14-18,26H,5,8-10,12-13H2,1-2H3. The third kappa shape index (κ3) is 10.2. The van der Waals surface area contributed by atoms with Gasteiger partial charge < -0.3 is 24.0 Å². The summed E-state index contributed by atoms with van der Waals surface area (Å²) < 4.78 is 3.68. The topological polar surface area (TPSA) is 105 Å². The number of halogens is 2. The summed E-state index contributed by atoms with van der Waals surface area (Å²) in [5.41, 5.74) is 13.1. The van der Waals surface area contributed by atoms with Crippen molar-refractivity contribution in [1.82, 2.24) is 38.9 Å². The first kappa shape index (κ1) is 45.9. The zero-order valence-electron chi connectivity index (χ0n) is 38.5. The number of likely N-dealkylation sites (tertiary alicyclic amines) is 2. The molecule has 3 atom stereocenters. The molecule has 2 aromatic carbocycles. The molecule has 6 heterocycles. The summed E-state index contributed by atoms with van der Waals surface area (Å²) >= 11 is 12.9. The number of carbonyl (C=O) groups is 1. The van der Waals surface area contributed by atoms with Crippen LogP contribution in [0.4, 0.5) is 0 Å². The lowest BCUT2D eigenvalue weighted by Crippen LogP contribution is -2.33. The Morgan fingerprint density at radius 2 is 1.17 bits per heavy atom. The maximum absolute atomic E-state index is 12.8. The van der Waals surface area contributed by atoms with Crippen molar-refractivity contribution >= 4 is 52.3 Å². The predicted molar refractivity (Wildman–Crippen MR) is 265 cm³/mol. The van der Waals surface area contributed by atoms with E-state index in [1.807, 2.05) is 66.1 Å². The fraction of sp³-hybridized carbons (Fsp3) is 0.389. The van der Waals surface area contributed by atoms with Gasteiger partial charge in [-0.1, -0.05) is 59.6 Å². The molecule has 66 heavy (non-hydrogen) atoms. The first-order valence-electron chi connectivity index (χ1n) is 23.4. The Morgan fingerprint density at radius 3 is 1.65 bits per heavy atom. The average molecular weight is 924 g/mol. The normalized spacial score (nSPS) is 19.4. The molecule has 6 aromatic rings. The van der Waals surface area contributed by atoms with Gasteiger partial charge in [-0.05, 0) is 178 Å². The van der Waals surface area contributed by atoms with Gasteiger partial charge in [0.1, 0.15) is 5.69 Å². The number of ketones is 1. The molecule has 2 aliphatic carbocycles. The number of imidazole rings is 2. The van der Waals surface area contributed by atoms with Crippen molar-refractivity contribution in [3.05, 3.63) is 164 Å². The number of aliphatic hydroxyl groups excluding tert-OH is 1. The van der Waals surface area contributed by atoms with Gasteiger partial charge in [0.25, 0.3) is 0 Å². The van der Waals surface area contributed by atoms with Crippen LogP contribution in [0.5, 0.6) is 0 Å². The molecule has 2 aliphatic heterocycles. The monoisotopic (exact) mass is 922 g/mol. The number of carbonyl (C=O) groups excluding carboxylic acids is 1. The molecule has 4 aliphatic rings. The molecule has 0 bridgehead atoms. The number of aliphatic hydroxyl groups is 1. The van der Waals surface area contributed by atoms with E-state index >= 15 is 0 Å². The number of hydrogen-bond acceptors (Lipinski definition) is 8. The number of benzene rings is 2. The van der Waals surface area contributed by atoms with Crippen molar-refractivity contribution in [2.24, 2.45) is 25.9 Å². The first-order valence-corrected chi connectivity index (χ1v) is 24.2. The minimum atomic E-state index is -0.598. The SMILES string of the molecule is CN1CCC(C2c3ccc(Cl)cc3C=C(CCC(=O)c3cn(C)cn3)c3cccnc32)CC1.CN1CCC(C2c3ccc(Cl)cc3C=C(CCC(O)c3cn(C)cn3)c3cccnc32)CC1. The molecule has 2 saturated heterocycles. The van der Waals surface area contributed by atoms with E-state index in [1.54, 1.807) is 18.9 Å². The molecular formula is C54H60Cl2N8O2. The summed E-state index contributed by atoms with van der Waals surface area (Å²) in [6.07, 6.45) is 21.8. The van der Waals surface area contributed by atoms with Crippen LogP contribution in [-0.2, 0) is 14.1 Å². The summed E-state index contributed by atoms with van der Waals surface area (Å²) in [5.74, 6) is 1.60. The second-order valence-corrected chi connectivity index (χ2v) is 19.7. The molecule has 0 amide bonds. The number of allylic oxidation sites excluding steroid dienone is 2. The van der Waals surface area contributed by atoms with Crippen molar-refractivity contribution in [3.63, 3.8) is 0 Å². The van der Waals surface area contributed by atoms with Crippen LogP contribution in [0, 0.1) is 11.8 Å². The van der Waals surface area contributed by atoms with Crippen molar-refractivity contribution in [2.75, 3.05) is 40.3 Å². The lowest BCUT2D eigenvalue weighted by atomic mass is 9.76. The van der Waals surface area contributed by atoms with E-state index in [1.165, 1.54) is 27.8 Å². The van der Waals surface area contributed by atoms with Gasteiger partial charge >= 0.3 is 0 Å². The van der Waals surface area contributed by atoms with E-state index in [-0.39, 0.29) is 17.6 Å². The zero-order chi connectivity index (χ0) is 45.9. The van der Waals surface area contributed by atoms with Gasteiger partial charge in [0, 0.05) is 67.2 Å². The van der Waals surface area contributed by atoms with E-state index in [2.05, 4.69) is 82.4 Å². The molecule has 342 valence electrons. The fourth-order valence-electron chi connectivity index (χ4n) is 10.7. The summed E-state index contributed by atoms with van der Waals surface area (Å²) in [4.78, 5) is 36.1. The second-order valence-electron chi connectivity index (χ2n) is 18.9. The number of piperidine rings is 2. The van der Waals surface area contributed by atoms with Crippen LogP contribution in [0.25, 0.3) is 23.3 Å². The molecule has 4 aromatic heterocycles. The highest BCUT2D eigenvalue weighted by molar-refractivity contribution is 6.31. The Kier molecular flexibility index (Phi) is 14.1. The summed E-state index contributed by atoms with van der Waals surface area (Å²) in [6.45, 7) is 4.43. The van der Waals surface area contributed by atoms with Crippen molar-refractivity contribution in [2.45, 2.75) is 69.3 Å². The molecule has 3 unspecified atom stereocenters. The van der Waals surface area contributed by atoms with Crippen molar-refractivity contribution in [1.29, 1.82) is 0 Å². The number of nitrogens with zero attached hydrogens (tertiary/aromatic N) is 8. The number of rotatable bonds is 10. The third-order valence-electron chi connectivity index (χ3n) is 14.2. The molecule has 2 fully saturated rings. The van der Waals surface area contributed by atoms with Crippen LogP contribution in [0.1, 0.15) is 130 Å². The van der Waals surface area contributed by atoms with Crippen LogP contribution < -0.4 is 0 Å². The van der Waals surface area contributed by atoms with Crippen molar-refractivity contribution in [3.8, 4) is 0 Å². The third-order valence-corrected chi connectivity index (χ3v) is 14.7. The van der Waals surface area contributed by atoms with Crippen LogP contribution in [0.15, 0.2) is 98.1 Å². The number of Topliss-reactive ketones (excluding diaryl/α,β-unsaturated/α-hetero) is 1. The highest BCUT2D eigenvalue weighted by Gasteiger charge is 2.36. The highest BCUT2D eigenvalue weighted by Crippen LogP contribution is 2.47. The molecule has 12 heteroatoms. The molecule has 1 N–H and O–H groups in total. The molecule has 0 radical (unpaired) electrons. The van der Waals surface area contributed by atoms with Crippen LogP contribution >= 0.6 is 23.2 Å². The molecule has 0 spiro atoms. The van der Waals surface area contributed by atoms with Crippen LogP contribution in [0.2, 0.25) is 10.0 Å². The van der Waals surface area contributed by atoms with Crippen LogP contribution in [-0.4, -0.2) is 90.0 Å². The first-order chi connectivity index (χ1) is 32.0.